The Morgan fingerprint density at radius 3 is 1.88 bits per heavy atom. The lowest BCUT2D eigenvalue weighted by molar-refractivity contribution is -0.149. The van der Waals surface area contributed by atoms with Gasteiger partial charge in [0.15, 0.2) is 29.1 Å². The number of methoxy groups -OCH3 is 4. The SMILES string of the molecule is COc1ccc(CO)cc1OC.COc1ccc(COCC2CC(O)C(=O)O2)cc1OC. The number of hydrogen-bond donors (Lipinski definition) is 2. The number of hydrogen-bond acceptors (Lipinski definition) is 9. The van der Waals surface area contributed by atoms with E-state index in [4.69, 9.17) is 33.5 Å². The highest BCUT2D eigenvalue weighted by atomic mass is 16.6. The van der Waals surface area contributed by atoms with Crippen LogP contribution in [-0.4, -0.2) is 63.4 Å². The van der Waals surface area contributed by atoms with E-state index in [9.17, 15) is 9.90 Å². The number of rotatable bonds is 9. The van der Waals surface area contributed by atoms with Crippen molar-refractivity contribution in [2.45, 2.75) is 31.8 Å². The summed E-state index contributed by atoms with van der Waals surface area (Å²) in [6, 6.07) is 10.8. The molecule has 0 spiro atoms. The number of aliphatic hydroxyl groups excluding tert-OH is 2. The van der Waals surface area contributed by atoms with Crippen LogP contribution in [0, 0.1) is 0 Å². The molecule has 0 aliphatic carbocycles. The summed E-state index contributed by atoms with van der Waals surface area (Å²) < 4.78 is 30.8. The van der Waals surface area contributed by atoms with Crippen LogP contribution in [0.5, 0.6) is 23.0 Å². The summed E-state index contributed by atoms with van der Waals surface area (Å²) in [6.45, 7) is 0.641. The first-order valence-electron chi connectivity index (χ1n) is 9.94. The first kappa shape index (κ1) is 25.3. The summed E-state index contributed by atoms with van der Waals surface area (Å²) in [6.07, 6.45) is -1.12. The number of carbonyl (C=O) groups excluding carboxylic acids is 1. The van der Waals surface area contributed by atoms with Crippen LogP contribution in [0.1, 0.15) is 17.5 Å². The average Bonchev–Trinajstić information content (AvgIpc) is 3.15. The number of cyclic esters (lactones) is 1. The highest BCUT2D eigenvalue weighted by Gasteiger charge is 2.32. The number of esters is 1. The lowest BCUT2D eigenvalue weighted by Crippen LogP contribution is -2.15. The maximum atomic E-state index is 11.0. The molecule has 0 aromatic heterocycles. The molecule has 1 fully saturated rings. The van der Waals surface area contributed by atoms with Gasteiger partial charge < -0.3 is 38.6 Å². The minimum Gasteiger partial charge on any atom is -0.493 e. The zero-order valence-corrected chi connectivity index (χ0v) is 18.7. The van der Waals surface area contributed by atoms with Crippen molar-refractivity contribution in [1.82, 2.24) is 0 Å². The van der Waals surface area contributed by atoms with Gasteiger partial charge in [-0.15, -0.1) is 0 Å². The topological polar surface area (TPSA) is 113 Å². The zero-order chi connectivity index (χ0) is 23.5. The zero-order valence-electron chi connectivity index (χ0n) is 18.7. The van der Waals surface area contributed by atoms with E-state index in [1.165, 1.54) is 0 Å². The number of ether oxygens (including phenoxy) is 6. The van der Waals surface area contributed by atoms with Gasteiger partial charge >= 0.3 is 5.97 Å². The first-order chi connectivity index (χ1) is 15.4. The standard InChI is InChI=1S/C14H18O6.C9H12O3/c1-17-12-4-3-9(5-13(12)18-2)7-19-8-10-6-11(15)14(16)20-10;1-11-8-4-3-7(6-10)5-9(8)12-2/h3-5,10-11,15H,6-8H2,1-2H3;3-5,10H,6H2,1-2H3. The van der Waals surface area contributed by atoms with Crippen molar-refractivity contribution in [1.29, 1.82) is 0 Å². The van der Waals surface area contributed by atoms with E-state index >= 15 is 0 Å². The van der Waals surface area contributed by atoms with Crippen molar-refractivity contribution >= 4 is 5.97 Å². The largest absolute Gasteiger partial charge is 0.493 e. The molecule has 2 aromatic carbocycles. The van der Waals surface area contributed by atoms with Gasteiger partial charge in [-0.1, -0.05) is 12.1 Å². The molecule has 2 aromatic rings. The van der Waals surface area contributed by atoms with Gasteiger partial charge in [-0.25, -0.2) is 4.79 Å². The highest BCUT2D eigenvalue weighted by molar-refractivity contribution is 5.76. The van der Waals surface area contributed by atoms with Crippen molar-refractivity contribution in [3.63, 3.8) is 0 Å². The second kappa shape index (κ2) is 12.7. The Morgan fingerprint density at radius 2 is 1.41 bits per heavy atom. The van der Waals surface area contributed by atoms with E-state index in [-0.39, 0.29) is 25.7 Å². The fourth-order valence-corrected chi connectivity index (χ4v) is 3.00. The van der Waals surface area contributed by atoms with Crippen LogP contribution in [0.3, 0.4) is 0 Å². The summed E-state index contributed by atoms with van der Waals surface area (Å²) in [5.41, 5.74) is 1.74. The fourth-order valence-electron chi connectivity index (χ4n) is 3.00. The third-order valence-electron chi connectivity index (χ3n) is 4.69. The molecule has 2 atom stereocenters. The predicted octanol–water partition coefficient (Wildman–Crippen LogP) is 2.09. The molecule has 0 bridgehead atoms. The monoisotopic (exact) mass is 450 g/mol. The Bertz CT molecular complexity index is 869. The minimum atomic E-state index is -1.02. The summed E-state index contributed by atoms with van der Waals surface area (Å²) in [5, 5.41) is 18.1. The molecule has 0 saturated carbocycles. The molecule has 2 N–H and O–H groups in total. The molecule has 1 heterocycles. The molecule has 0 radical (unpaired) electrons. The predicted molar refractivity (Wildman–Crippen MR) is 115 cm³/mol. The van der Waals surface area contributed by atoms with E-state index in [0.29, 0.717) is 29.6 Å². The molecule has 9 nitrogen and oxygen atoms in total. The van der Waals surface area contributed by atoms with Gasteiger partial charge in [0.1, 0.15) is 6.10 Å². The van der Waals surface area contributed by atoms with Crippen molar-refractivity contribution < 1.29 is 43.4 Å². The third kappa shape index (κ3) is 7.01. The van der Waals surface area contributed by atoms with Gasteiger partial charge in [-0.05, 0) is 35.4 Å². The van der Waals surface area contributed by atoms with E-state index in [2.05, 4.69) is 0 Å². The summed E-state index contributed by atoms with van der Waals surface area (Å²) in [7, 11) is 6.30. The summed E-state index contributed by atoms with van der Waals surface area (Å²) >= 11 is 0. The van der Waals surface area contributed by atoms with Crippen LogP contribution in [0.2, 0.25) is 0 Å². The van der Waals surface area contributed by atoms with Crippen LogP contribution in [0.4, 0.5) is 0 Å². The van der Waals surface area contributed by atoms with Gasteiger partial charge in [-0.3, -0.25) is 0 Å². The third-order valence-corrected chi connectivity index (χ3v) is 4.69. The van der Waals surface area contributed by atoms with Crippen LogP contribution in [-0.2, 0) is 27.5 Å². The molecule has 176 valence electrons. The second-order valence-corrected chi connectivity index (χ2v) is 6.86. The average molecular weight is 450 g/mol. The molecule has 1 aliphatic heterocycles. The number of benzene rings is 2. The molecule has 1 saturated heterocycles. The van der Waals surface area contributed by atoms with Crippen molar-refractivity contribution in [3.8, 4) is 23.0 Å². The quantitative estimate of drug-likeness (QED) is 0.555. The Morgan fingerprint density at radius 1 is 0.875 bits per heavy atom. The maximum Gasteiger partial charge on any atom is 0.335 e. The van der Waals surface area contributed by atoms with Gasteiger partial charge in [0.05, 0.1) is 48.3 Å². The highest BCUT2D eigenvalue weighted by Crippen LogP contribution is 2.28. The number of carbonyl (C=O) groups is 1. The first-order valence-corrected chi connectivity index (χ1v) is 9.94. The molecular weight excluding hydrogens is 420 g/mol. The van der Waals surface area contributed by atoms with E-state index in [0.717, 1.165) is 11.1 Å². The van der Waals surface area contributed by atoms with Crippen molar-refractivity contribution in [3.05, 3.63) is 47.5 Å². The normalized spacial score (nSPS) is 17.1. The Balaban J connectivity index is 0.000000258. The van der Waals surface area contributed by atoms with Crippen molar-refractivity contribution in [2.75, 3.05) is 35.0 Å². The van der Waals surface area contributed by atoms with E-state index in [1.54, 1.807) is 52.7 Å². The van der Waals surface area contributed by atoms with Crippen LogP contribution in [0.15, 0.2) is 36.4 Å². The lowest BCUT2D eigenvalue weighted by Gasteiger charge is -2.12. The minimum absolute atomic E-state index is 0.0142. The van der Waals surface area contributed by atoms with Crippen LogP contribution < -0.4 is 18.9 Å². The molecule has 2 unspecified atom stereocenters. The van der Waals surface area contributed by atoms with E-state index < -0.39 is 12.1 Å². The molecular formula is C23H30O9. The maximum absolute atomic E-state index is 11.0. The van der Waals surface area contributed by atoms with Gasteiger partial charge in [0.25, 0.3) is 0 Å². The lowest BCUT2D eigenvalue weighted by atomic mass is 10.2. The van der Waals surface area contributed by atoms with Crippen LogP contribution in [0.25, 0.3) is 0 Å². The molecule has 1 aliphatic rings. The fraction of sp³-hybridized carbons (Fsp3) is 0.435. The Hall–Kier alpha value is -3.01. The van der Waals surface area contributed by atoms with Crippen LogP contribution >= 0.6 is 0 Å². The second-order valence-electron chi connectivity index (χ2n) is 6.86. The van der Waals surface area contributed by atoms with Gasteiger partial charge in [-0.2, -0.15) is 0 Å². The summed E-state index contributed by atoms with van der Waals surface area (Å²) in [5.74, 6) is 2.03. The van der Waals surface area contributed by atoms with Gasteiger partial charge in [0, 0.05) is 6.42 Å². The number of aliphatic hydroxyl groups is 2. The molecule has 0 amide bonds. The molecule has 3 rings (SSSR count). The van der Waals surface area contributed by atoms with Crippen molar-refractivity contribution in [2.24, 2.45) is 0 Å². The smallest absolute Gasteiger partial charge is 0.335 e. The van der Waals surface area contributed by atoms with Gasteiger partial charge in [0.2, 0.25) is 0 Å². The summed E-state index contributed by atoms with van der Waals surface area (Å²) in [4.78, 5) is 11.0. The Labute approximate surface area is 187 Å². The molecule has 9 heteroatoms. The Kier molecular flexibility index (Phi) is 10.1. The van der Waals surface area contributed by atoms with E-state index in [1.807, 2.05) is 12.1 Å². The molecule has 32 heavy (non-hydrogen) atoms.